The minimum absolute atomic E-state index is 0.119. The zero-order chi connectivity index (χ0) is 14.8. The maximum Gasteiger partial charge on any atom is 0.387 e. The number of para-hydroxylation sites is 1. The van der Waals surface area contributed by atoms with Gasteiger partial charge in [-0.1, -0.05) is 12.1 Å². The molecule has 1 heterocycles. The molecule has 0 atom stereocenters. The summed E-state index contributed by atoms with van der Waals surface area (Å²) in [6, 6.07) is 8.36. The van der Waals surface area contributed by atoms with Gasteiger partial charge in [-0.25, -0.2) is 0 Å². The number of nitrogens with zero attached hydrogens (tertiary/aromatic N) is 1. The zero-order valence-corrected chi connectivity index (χ0v) is 11.6. The molecule has 0 saturated heterocycles. The summed E-state index contributed by atoms with van der Waals surface area (Å²) < 4.78 is 29.3. The number of benzene rings is 1. The van der Waals surface area contributed by atoms with Crippen LogP contribution in [-0.2, 0) is 0 Å². The molecule has 0 unspecified atom stereocenters. The number of rotatable bonds is 4. The van der Waals surface area contributed by atoms with E-state index in [9.17, 15) is 8.78 Å². The minimum atomic E-state index is -2.86. The number of ether oxygens (including phenoxy) is 1. The highest BCUT2D eigenvalue weighted by molar-refractivity contribution is 5.69. The molecule has 1 aromatic carbocycles. The summed E-state index contributed by atoms with van der Waals surface area (Å²) in [6.07, 6.45) is 0. The first kappa shape index (κ1) is 14.3. The predicted octanol–water partition coefficient (Wildman–Crippen LogP) is 3.89. The molecular formula is C14H17F2N3O. The fourth-order valence-electron chi connectivity index (χ4n) is 1.80. The molecule has 0 aliphatic heterocycles. The first-order chi connectivity index (χ1) is 9.35. The van der Waals surface area contributed by atoms with Gasteiger partial charge in [0.2, 0.25) is 0 Å². The van der Waals surface area contributed by atoms with Gasteiger partial charge in [-0.05, 0) is 32.9 Å². The van der Waals surface area contributed by atoms with E-state index in [1.54, 1.807) is 24.3 Å². The van der Waals surface area contributed by atoms with Gasteiger partial charge in [0.15, 0.2) is 0 Å². The van der Waals surface area contributed by atoms with Crippen molar-refractivity contribution in [1.82, 2.24) is 10.2 Å². The number of aromatic amines is 1. The Labute approximate surface area is 116 Å². The fraction of sp³-hybridized carbons (Fsp3) is 0.357. The summed E-state index contributed by atoms with van der Waals surface area (Å²) in [7, 11) is 0. The molecule has 0 aliphatic carbocycles. The lowest BCUT2D eigenvalue weighted by atomic mass is 10.1. The van der Waals surface area contributed by atoms with E-state index in [2.05, 4.69) is 20.3 Å². The van der Waals surface area contributed by atoms with Crippen molar-refractivity contribution in [2.75, 3.05) is 5.32 Å². The monoisotopic (exact) mass is 281 g/mol. The highest BCUT2D eigenvalue weighted by Crippen LogP contribution is 2.31. The highest BCUT2D eigenvalue weighted by atomic mass is 19.3. The number of hydrogen-bond acceptors (Lipinski definition) is 3. The predicted molar refractivity (Wildman–Crippen MR) is 74.0 cm³/mol. The Balaban J connectivity index is 2.28. The second-order valence-electron chi connectivity index (χ2n) is 5.42. The number of nitrogens with one attached hydrogen (secondary N) is 2. The van der Waals surface area contributed by atoms with Crippen LogP contribution in [0.1, 0.15) is 20.8 Å². The molecule has 6 heteroatoms. The fourth-order valence-corrected chi connectivity index (χ4v) is 1.80. The van der Waals surface area contributed by atoms with Crippen LogP contribution >= 0.6 is 0 Å². The van der Waals surface area contributed by atoms with Crippen molar-refractivity contribution in [1.29, 1.82) is 0 Å². The second-order valence-corrected chi connectivity index (χ2v) is 5.42. The van der Waals surface area contributed by atoms with Crippen molar-refractivity contribution in [2.45, 2.75) is 32.9 Å². The van der Waals surface area contributed by atoms with Crippen molar-refractivity contribution in [3.63, 3.8) is 0 Å². The van der Waals surface area contributed by atoms with Crippen LogP contribution in [0.4, 0.5) is 14.6 Å². The Morgan fingerprint density at radius 3 is 2.60 bits per heavy atom. The molecule has 0 bridgehead atoms. The quantitative estimate of drug-likeness (QED) is 0.894. The van der Waals surface area contributed by atoms with E-state index in [1.165, 1.54) is 6.07 Å². The number of H-pyrrole nitrogens is 1. The van der Waals surface area contributed by atoms with Gasteiger partial charge in [0, 0.05) is 17.2 Å². The molecule has 0 saturated carbocycles. The number of anilines is 1. The first-order valence-corrected chi connectivity index (χ1v) is 6.23. The van der Waals surface area contributed by atoms with Gasteiger partial charge >= 0.3 is 6.61 Å². The van der Waals surface area contributed by atoms with Gasteiger partial charge in [-0.15, -0.1) is 0 Å². The van der Waals surface area contributed by atoms with Gasteiger partial charge in [0.05, 0.1) is 5.69 Å². The Bertz CT molecular complexity index is 576. The van der Waals surface area contributed by atoms with Crippen molar-refractivity contribution in [3.8, 4) is 17.0 Å². The van der Waals surface area contributed by atoms with Crippen LogP contribution in [0.5, 0.6) is 5.75 Å². The Morgan fingerprint density at radius 1 is 1.25 bits per heavy atom. The molecule has 0 amide bonds. The van der Waals surface area contributed by atoms with Crippen LogP contribution in [0, 0.1) is 0 Å². The van der Waals surface area contributed by atoms with Gasteiger partial charge in [0.1, 0.15) is 11.6 Å². The highest BCUT2D eigenvalue weighted by Gasteiger charge is 2.15. The van der Waals surface area contributed by atoms with E-state index in [1.807, 2.05) is 20.8 Å². The third-order valence-electron chi connectivity index (χ3n) is 2.47. The van der Waals surface area contributed by atoms with Crippen LogP contribution in [0.3, 0.4) is 0 Å². The number of hydrogen-bond donors (Lipinski definition) is 2. The molecular weight excluding hydrogens is 264 g/mol. The summed E-state index contributed by atoms with van der Waals surface area (Å²) in [5.41, 5.74) is 1.03. The molecule has 2 aromatic rings. The molecule has 0 radical (unpaired) electrons. The zero-order valence-electron chi connectivity index (χ0n) is 11.6. The van der Waals surface area contributed by atoms with E-state index in [0.29, 0.717) is 17.1 Å². The molecule has 1 aromatic heterocycles. The van der Waals surface area contributed by atoms with E-state index in [0.717, 1.165) is 0 Å². The van der Waals surface area contributed by atoms with Crippen LogP contribution in [0.15, 0.2) is 30.3 Å². The van der Waals surface area contributed by atoms with E-state index in [-0.39, 0.29) is 11.3 Å². The topological polar surface area (TPSA) is 49.9 Å². The molecule has 2 N–H and O–H groups in total. The summed E-state index contributed by atoms with van der Waals surface area (Å²) in [6.45, 7) is 3.17. The first-order valence-electron chi connectivity index (χ1n) is 6.23. The van der Waals surface area contributed by atoms with Crippen molar-refractivity contribution < 1.29 is 13.5 Å². The summed E-state index contributed by atoms with van der Waals surface area (Å²) in [5, 5.41) is 10.1. The van der Waals surface area contributed by atoms with Crippen LogP contribution in [0.2, 0.25) is 0 Å². The smallest absolute Gasteiger partial charge is 0.387 e. The van der Waals surface area contributed by atoms with Gasteiger partial charge in [-0.3, -0.25) is 5.10 Å². The van der Waals surface area contributed by atoms with Gasteiger partial charge in [0.25, 0.3) is 0 Å². The van der Waals surface area contributed by atoms with Crippen LogP contribution in [-0.4, -0.2) is 22.3 Å². The maximum absolute atomic E-state index is 12.4. The normalized spacial score (nSPS) is 11.7. The van der Waals surface area contributed by atoms with E-state index in [4.69, 9.17) is 0 Å². The van der Waals surface area contributed by atoms with Gasteiger partial charge in [-0.2, -0.15) is 13.9 Å². The minimum Gasteiger partial charge on any atom is -0.434 e. The summed E-state index contributed by atoms with van der Waals surface area (Å²) in [5.74, 6) is 0.771. The lowest BCUT2D eigenvalue weighted by Crippen LogP contribution is -2.26. The Hall–Kier alpha value is -2.11. The lowest BCUT2D eigenvalue weighted by molar-refractivity contribution is -0.0494. The summed E-state index contributed by atoms with van der Waals surface area (Å²) >= 11 is 0. The lowest BCUT2D eigenvalue weighted by Gasteiger charge is -2.19. The Kier molecular flexibility index (Phi) is 3.92. The maximum atomic E-state index is 12.4. The van der Waals surface area contributed by atoms with Crippen LogP contribution in [0.25, 0.3) is 11.3 Å². The molecule has 0 spiro atoms. The second kappa shape index (κ2) is 5.48. The number of aromatic nitrogens is 2. The molecule has 108 valence electrons. The number of halogens is 2. The average molecular weight is 281 g/mol. The standard InChI is InChI=1S/C14H17F2N3O/c1-14(2,3)17-12-8-10(18-19-12)9-6-4-5-7-11(9)20-13(15)16/h4-8,13H,1-3H3,(H2,17,18,19). The largest absolute Gasteiger partial charge is 0.434 e. The number of alkyl halides is 2. The molecule has 0 fully saturated rings. The molecule has 4 nitrogen and oxygen atoms in total. The third kappa shape index (κ3) is 3.69. The molecule has 2 rings (SSSR count). The van der Waals surface area contributed by atoms with E-state index >= 15 is 0 Å². The molecule has 0 aliphatic rings. The van der Waals surface area contributed by atoms with Gasteiger partial charge < -0.3 is 10.1 Å². The summed E-state index contributed by atoms with van der Waals surface area (Å²) in [4.78, 5) is 0. The average Bonchev–Trinajstić information content (AvgIpc) is 2.74. The molecule has 20 heavy (non-hydrogen) atoms. The van der Waals surface area contributed by atoms with Crippen LogP contribution < -0.4 is 10.1 Å². The SMILES string of the molecule is CC(C)(C)Nc1cc(-c2ccccc2OC(F)F)[nH]n1. The Morgan fingerprint density at radius 2 is 1.95 bits per heavy atom. The van der Waals surface area contributed by atoms with E-state index < -0.39 is 6.61 Å². The third-order valence-corrected chi connectivity index (χ3v) is 2.47. The van der Waals surface area contributed by atoms with Crippen molar-refractivity contribution >= 4 is 5.82 Å². The van der Waals surface area contributed by atoms with Crippen molar-refractivity contribution in [2.24, 2.45) is 0 Å². The van der Waals surface area contributed by atoms with Crippen molar-refractivity contribution in [3.05, 3.63) is 30.3 Å².